The van der Waals surface area contributed by atoms with Crippen LogP contribution in [0.4, 0.5) is 20.7 Å². The zero-order valence-corrected chi connectivity index (χ0v) is 25.3. The van der Waals surface area contributed by atoms with E-state index < -0.39 is 20.6 Å². The predicted molar refractivity (Wildman–Crippen MR) is 152 cm³/mol. The van der Waals surface area contributed by atoms with Crippen LogP contribution in [0.25, 0.3) is 17.0 Å². The molecule has 2 aromatic heterocycles. The second kappa shape index (κ2) is 10.8. The van der Waals surface area contributed by atoms with Gasteiger partial charge in [0, 0.05) is 25.7 Å². The van der Waals surface area contributed by atoms with E-state index >= 15 is 0 Å². The summed E-state index contributed by atoms with van der Waals surface area (Å²) in [6.45, 7) is 18.2. The SMILES string of the molecule is C[C@H]1OCCN(c2nc(N3CCOCC3)nc(-n3c(C(F)F)nc4cc(O[Si](C)(C)C(C)(C)C)ccc43)n2)[C@H]1C. The zero-order chi connectivity index (χ0) is 28.8. The van der Waals surface area contributed by atoms with Crippen LogP contribution >= 0.6 is 0 Å². The fourth-order valence-corrected chi connectivity index (χ4v) is 5.66. The van der Waals surface area contributed by atoms with Gasteiger partial charge < -0.3 is 23.7 Å². The van der Waals surface area contributed by atoms with Gasteiger partial charge in [0.1, 0.15) is 5.75 Å². The molecule has 40 heavy (non-hydrogen) atoms. The van der Waals surface area contributed by atoms with Crippen LogP contribution < -0.4 is 14.2 Å². The van der Waals surface area contributed by atoms with Gasteiger partial charge in [-0.1, -0.05) is 20.8 Å². The standard InChI is InChI=1S/C27H39F2N7O3Si/c1-17-18(2)38-15-12-35(17)25-31-24(34-10-13-37-14-11-34)32-26(33-25)36-21-9-8-19(39-40(6,7)27(3,4)5)16-20(21)30-23(36)22(28)29/h8-9,16-18,22H,10-15H2,1-7H3/t17-,18+/m0/s1. The zero-order valence-electron chi connectivity index (χ0n) is 24.3. The van der Waals surface area contributed by atoms with E-state index in [-0.39, 0.29) is 23.1 Å². The Hall–Kier alpha value is -2.90. The maximum absolute atomic E-state index is 14.5. The molecule has 0 saturated carbocycles. The summed E-state index contributed by atoms with van der Waals surface area (Å²) in [5, 5.41) is -0.0131. The van der Waals surface area contributed by atoms with Crippen molar-refractivity contribution in [2.45, 2.75) is 71.3 Å². The molecule has 2 aliphatic heterocycles. The smallest absolute Gasteiger partial charge is 0.296 e. The summed E-state index contributed by atoms with van der Waals surface area (Å²) in [5.74, 6) is 1.15. The van der Waals surface area contributed by atoms with Gasteiger partial charge in [-0.25, -0.2) is 13.8 Å². The lowest BCUT2D eigenvalue weighted by Gasteiger charge is -2.38. The predicted octanol–water partition coefficient (Wildman–Crippen LogP) is 4.98. The lowest BCUT2D eigenvalue weighted by molar-refractivity contribution is 0.0277. The molecule has 0 N–H and O–H groups in total. The van der Waals surface area contributed by atoms with Crippen LogP contribution in [0.3, 0.4) is 0 Å². The van der Waals surface area contributed by atoms with Crippen molar-refractivity contribution in [2.24, 2.45) is 0 Å². The Morgan fingerprint density at radius 3 is 2.30 bits per heavy atom. The number of rotatable bonds is 6. The van der Waals surface area contributed by atoms with E-state index in [1.165, 1.54) is 4.57 Å². The van der Waals surface area contributed by atoms with Crippen LogP contribution in [0.5, 0.6) is 5.75 Å². The highest BCUT2D eigenvalue weighted by Crippen LogP contribution is 2.38. The van der Waals surface area contributed by atoms with Gasteiger partial charge in [0.25, 0.3) is 6.43 Å². The largest absolute Gasteiger partial charge is 0.543 e. The Morgan fingerprint density at radius 1 is 0.950 bits per heavy atom. The third kappa shape index (κ3) is 5.50. The Bertz CT molecular complexity index is 1360. The molecule has 0 bridgehead atoms. The molecule has 218 valence electrons. The number of ether oxygens (including phenoxy) is 2. The average Bonchev–Trinajstić information content (AvgIpc) is 3.29. The van der Waals surface area contributed by atoms with E-state index in [4.69, 9.17) is 28.9 Å². The second-order valence-electron chi connectivity index (χ2n) is 12.0. The minimum Gasteiger partial charge on any atom is -0.543 e. The molecule has 3 aromatic rings. The van der Waals surface area contributed by atoms with E-state index in [0.717, 1.165) is 0 Å². The van der Waals surface area contributed by atoms with Crippen molar-refractivity contribution in [2.75, 3.05) is 49.3 Å². The number of benzene rings is 1. The van der Waals surface area contributed by atoms with Crippen LogP contribution in [-0.4, -0.2) is 84.4 Å². The van der Waals surface area contributed by atoms with Crippen LogP contribution in [0.15, 0.2) is 18.2 Å². The summed E-state index contributed by atoms with van der Waals surface area (Å²) in [6.07, 6.45) is -2.88. The summed E-state index contributed by atoms with van der Waals surface area (Å²) in [4.78, 5) is 22.6. The van der Waals surface area contributed by atoms with Crippen LogP contribution in [-0.2, 0) is 9.47 Å². The molecule has 5 rings (SSSR count). The van der Waals surface area contributed by atoms with E-state index in [1.54, 1.807) is 12.1 Å². The Balaban J connectivity index is 1.63. The highest BCUT2D eigenvalue weighted by molar-refractivity contribution is 6.74. The van der Waals surface area contributed by atoms with Gasteiger partial charge in [-0.3, -0.25) is 4.57 Å². The minimum atomic E-state index is -2.84. The summed E-state index contributed by atoms with van der Waals surface area (Å²) >= 11 is 0. The first-order valence-corrected chi connectivity index (χ1v) is 16.7. The first kappa shape index (κ1) is 28.6. The second-order valence-corrected chi connectivity index (χ2v) is 16.7. The first-order valence-electron chi connectivity index (χ1n) is 13.8. The van der Waals surface area contributed by atoms with Gasteiger partial charge in [0.15, 0.2) is 5.82 Å². The number of morpholine rings is 2. The Morgan fingerprint density at radius 2 is 1.62 bits per heavy atom. The van der Waals surface area contributed by atoms with Crippen molar-refractivity contribution in [3.8, 4) is 11.7 Å². The molecule has 2 aliphatic rings. The number of aromatic nitrogens is 5. The summed E-state index contributed by atoms with van der Waals surface area (Å²) in [6, 6.07) is 5.29. The molecular formula is C27H39F2N7O3Si. The fraction of sp³-hybridized carbons (Fsp3) is 0.630. The third-order valence-electron chi connectivity index (χ3n) is 8.26. The molecule has 2 saturated heterocycles. The topological polar surface area (TPSA) is 90.7 Å². The lowest BCUT2D eigenvalue weighted by atomic mass is 10.1. The molecule has 4 heterocycles. The molecule has 13 heteroatoms. The fourth-order valence-electron chi connectivity index (χ4n) is 4.64. The average molecular weight is 576 g/mol. The highest BCUT2D eigenvalue weighted by atomic mass is 28.4. The number of nitrogens with zero attached hydrogens (tertiary/aromatic N) is 7. The normalized spacial score (nSPS) is 20.9. The first-order chi connectivity index (χ1) is 18.9. The minimum absolute atomic E-state index is 0.00863. The van der Waals surface area contributed by atoms with E-state index in [0.29, 0.717) is 68.1 Å². The quantitative estimate of drug-likeness (QED) is 0.377. The van der Waals surface area contributed by atoms with Crippen molar-refractivity contribution in [3.05, 3.63) is 24.0 Å². The number of anilines is 2. The number of imidazole rings is 1. The number of alkyl halides is 2. The summed E-state index contributed by atoms with van der Waals surface area (Å²) in [5.41, 5.74) is 0.876. The molecule has 2 fully saturated rings. The molecule has 0 radical (unpaired) electrons. The van der Waals surface area contributed by atoms with Gasteiger partial charge in [0.2, 0.25) is 26.2 Å². The van der Waals surface area contributed by atoms with Gasteiger partial charge >= 0.3 is 0 Å². The highest BCUT2D eigenvalue weighted by Gasteiger charge is 2.39. The molecule has 0 aliphatic carbocycles. The van der Waals surface area contributed by atoms with Crippen molar-refractivity contribution in [3.63, 3.8) is 0 Å². The maximum atomic E-state index is 14.5. The van der Waals surface area contributed by atoms with Gasteiger partial charge in [-0.05, 0) is 44.1 Å². The molecular weight excluding hydrogens is 536 g/mol. The van der Waals surface area contributed by atoms with Gasteiger partial charge in [-0.2, -0.15) is 15.0 Å². The molecule has 0 amide bonds. The Kier molecular flexibility index (Phi) is 7.74. The van der Waals surface area contributed by atoms with Crippen molar-refractivity contribution >= 4 is 31.2 Å². The number of hydrogen-bond donors (Lipinski definition) is 0. The van der Waals surface area contributed by atoms with Crippen molar-refractivity contribution in [1.82, 2.24) is 24.5 Å². The monoisotopic (exact) mass is 575 g/mol. The molecule has 1 aromatic carbocycles. The van der Waals surface area contributed by atoms with E-state index in [9.17, 15) is 8.78 Å². The van der Waals surface area contributed by atoms with Gasteiger partial charge in [0.05, 0.1) is 43.0 Å². The van der Waals surface area contributed by atoms with E-state index in [1.807, 2.05) is 24.8 Å². The number of fused-ring (bicyclic) bond motifs is 1. The van der Waals surface area contributed by atoms with Crippen molar-refractivity contribution < 1.29 is 22.7 Å². The summed E-state index contributed by atoms with van der Waals surface area (Å²) < 4.78 is 48.0. The van der Waals surface area contributed by atoms with E-state index in [2.05, 4.69) is 43.7 Å². The van der Waals surface area contributed by atoms with Crippen LogP contribution in [0, 0.1) is 0 Å². The lowest BCUT2D eigenvalue weighted by Crippen LogP contribution is -2.49. The number of halogens is 2. The van der Waals surface area contributed by atoms with Crippen LogP contribution in [0.1, 0.15) is 46.9 Å². The summed E-state index contributed by atoms with van der Waals surface area (Å²) in [7, 11) is -2.14. The molecule has 10 nitrogen and oxygen atoms in total. The molecule has 0 spiro atoms. The third-order valence-corrected chi connectivity index (χ3v) is 12.6. The van der Waals surface area contributed by atoms with Gasteiger partial charge in [-0.15, -0.1) is 0 Å². The number of hydrogen-bond acceptors (Lipinski definition) is 9. The van der Waals surface area contributed by atoms with Crippen molar-refractivity contribution in [1.29, 1.82) is 0 Å². The molecule has 0 unspecified atom stereocenters. The van der Waals surface area contributed by atoms with Crippen LogP contribution in [0.2, 0.25) is 18.1 Å². The maximum Gasteiger partial charge on any atom is 0.296 e. The Labute approximate surface area is 234 Å². The molecule has 2 atom stereocenters.